The molecule has 0 spiro atoms. The minimum Gasteiger partial charge on any atom is -0.396 e. The zero-order chi connectivity index (χ0) is 11.0. The van der Waals surface area contributed by atoms with Crippen LogP contribution in [0.25, 0.3) is 0 Å². The zero-order valence-corrected chi connectivity index (χ0v) is 9.05. The molecule has 2 N–H and O–H groups in total. The fourth-order valence-corrected chi connectivity index (χ4v) is 3.43. The second-order valence-corrected chi connectivity index (χ2v) is 6.31. The van der Waals surface area contributed by atoms with Gasteiger partial charge in [0.05, 0.1) is 6.61 Å². The van der Waals surface area contributed by atoms with Crippen molar-refractivity contribution in [1.82, 2.24) is 0 Å². The average Bonchev–Trinajstić information content (AvgIpc) is 2.42. The Hall–Kier alpha value is -0.390. The molecule has 0 saturated heterocycles. The maximum atomic E-state index is 11.6. The minimum atomic E-state index is -3.37. The maximum absolute atomic E-state index is 11.6. The first-order chi connectivity index (χ1) is 6.37. The molecular formula is C9H16O4S. The summed E-state index contributed by atoms with van der Waals surface area (Å²) in [6.07, 6.45) is 1.86. The van der Waals surface area contributed by atoms with Gasteiger partial charge in [-0.2, -0.15) is 0 Å². The number of sulfone groups is 1. The number of hydrogen-bond acceptors (Lipinski definition) is 4. The van der Waals surface area contributed by atoms with E-state index in [1.807, 2.05) is 0 Å². The van der Waals surface area contributed by atoms with Crippen molar-refractivity contribution in [2.75, 3.05) is 19.5 Å². The van der Waals surface area contributed by atoms with E-state index in [1.54, 1.807) is 0 Å². The molecule has 4 nitrogen and oxygen atoms in total. The summed E-state index contributed by atoms with van der Waals surface area (Å²) in [5.74, 6) is -0.0932. The molecule has 0 aliphatic heterocycles. The first kappa shape index (κ1) is 11.7. The highest BCUT2D eigenvalue weighted by Gasteiger charge is 2.49. The Bertz CT molecular complexity index is 333. The minimum absolute atomic E-state index is 0.0592. The normalized spacial score (nSPS) is 33.6. The van der Waals surface area contributed by atoms with E-state index in [0.29, 0.717) is 12.0 Å². The van der Waals surface area contributed by atoms with Gasteiger partial charge >= 0.3 is 0 Å². The average molecular weight is 220 g/mol. The van der Waals surface area contributed by atoms with Gasteiger partial charge in [0.25, 0.3) is 0 Å². The zero-order valence-electron chi connectivity index (χ0n) is 8.23. The van der Waals surface area contributed by atoms with E-state index in [2.05, 4.69) is 6.58 Å². The summed E-state index contributed by atoms with van der Waals surface area (Å²) < 4.78 is 21.9. The van der Waals surface area contributed by atoms with E-state index in [4.69, 9.17) is 5.11 Å². The van der Waals surface area contributed by atoms with Crippen molar-refractivity contribution in [3.63, 3.8) is 0 Å². The molecule has 0 radical (unpaired) electrons. The molecule has 0 aromatic carbocycles. The van der Waals surface area contributed by atoms with E-state index >= 15 is 0 Å². The van der Waals surface area contributed by atoms with Crippen LogP contribution in [0.3, 0.4) is 0 Å². The van der Waals surface area contributed by atoms with Gasteiger partial charge < -0.3 is 10.2 Å². The molecule has 5 heteroatoms. The second kappa shape index (κ2) is 3.64. The van der Waals surface area contributed by atoms with Gasteiger partial charge in [0.2, 0.25) is 0 Å². The lowest BCUT2D eigenvalue weighted by molar-refractivity contribution is 0.212. The van der Waals surface area contributed by atoms with Crippen molar-refractivity contribution in [1.29, 1.82) is 0 Å². The summed E-state index contributed by atoms with van der Waals surface area (Å²) in [5, 5.41) is 18.2. The maximum Gasteiger partial charge on any atom is 0.159 e. The summed E-state index contributed by atoms with van der Waals surface area (Å²) in [7, 11) is -3.37. The molecule has 1 saturated carbocycles. The number of rotatable bonds is 3. The van der Waals surface area contributed by atoms with Gasteiger partial charge in [0, 0.05) is 12.9 Å². The van der Waals surface area contributed by atoms with Crippen LogP contribution >= 0.6 is 0 Å². The molecule has 0 amide bonds. The number of hydrogen-bond donors (Lipinski definition) is 2. The molecule has 1 rings (SSSR count). The van der Waals surface area contributed by atoms with Crippen LogP contribution in [0.15, 0.2) is 12.2 Å². The summed E-state index contributed by atoms with van der Waals surface area (Å²) in [6.45, 7) is 3.19. The largest absolute Gasteiger partial charge is 0.396 e. The Labute approximate surface area is 84.2 Å². The quantitative estimate of drug-likeness (QED) is 0.642. The molecule has 1 aliphatic rings. The van der Waals surface area contributed by atoms with Crippen LogP contribution in [0, 0.1) is 5.92 Å². The van der Waals surface area contributed by atoms with Crippen LogP contribution in [0.2, 0.25) is 0 Å². The first-order valence-electron chi connectivity index (χ1n) is 4.47. The Balaban J connectivity index is 3.09. The predicted octanol–water partition coefficient (Wildman–Crippen LogP) is -0.279. The van der Waals surface area contributed by atoms with Crippen molar-refractivity contribution in [2.45, 2.75) is 17.6 Å². The molecule has 2 atom stereocenters. The highest BCUT2D eigenvalue weighted by Crippen LogP contribution is 2.43. The third kappa shape index (κ3) is 1.60. The summed E-state index contributed by atoms with van der Waals surface area (Å²) in [6, 6.07) is 0. The standard InChI is InChI=1S/C9H16O4S/c1-7-3-8(5-10)4-9(7,6-11)14(2,12)13/h8,10-11H,1,3-6H2,2H3/t8-,9+/m0/s1. The Morgan fingerprint density at radius 2 is 2.14 bits per heavy atom. The lowest BCUT2D eigenvalue weighted by Crippen LogP contribution is -2.40. The molecule has 0 aromatic rings. The fourth-order valence-electron chi connectivity index (χ4n) is 2.05. The van der Waals surface area contributed by atoms with Crippen LogP contribution in [0.1, 0.15) is 12.8 Å². The molecule has 0 unspecified atom stereocenters. The lowest BCUT2D eigenvalue weighted by atomic mass is 10.0. The van der Waals surface area contributed by atoms with Gasteiger partial charge in [0.1, 0.15) is 4.75 Å². The highest BCUT2D eigenvalue weighted by molar-refractivity contribution is 7.92. The van der Waals surface area contributed by atoms with Gasteiger partial charge in [-0.05, 0) is 18.8 Å². The fraction of sp³-hybridized carbons (Fsp3) is 0.778. The van der Waals surface area contributed by atoms with Crippen LogP contribution in [-0.2, 0) is 9.84 Å². The molecule has 1 fully saturated rings. The number of aliphatic hydroxyl groups is 2. The third-order valence-electron chi connectivity index (χ3n) is 3.02. The van der Waals surface area contributed by atoms with Crippen LogP contribution < -0.4 is 0 Å². The van der Waals surface area contributed by atoms with Crippen molar-refractivity contribution in [3.8, 4) is 0 Å². The van der Waals surface area contributed by atoms with Gasteiger partial charge in [0.15, 0.2) is 9.84 Å². The van der Waals surface area contributed by atoms with Crippen LogP contribution in [-0.4, -0.2) is 42.8 Å². The van der Waals surface area contributed by atoms with Gasteiger partial charge in [-0.15, -0.1) is 0 Å². The van der Waals surface area contributed by atoms with E-state index in [0.717, 1.165) is 6.26 Å². The van der Waals surface area contributed by atoms with Crippen LogP contribution in [0.4, 0.5) is 0 Å². The molecule has 1 aliphatic carbocycles. The first-order valence-corrected chi connectivity index (χ1v) is 6.36. The summed E-state index contributed by atoms with van der Waals surface area (Å²) >= 11 is 0. The second-order valence-electron chi connectivity index (χ2n) is 3.98. The topological polar surface area (TPSA) is 74.6 Å². The molecule has 0 heterocycles. The molecular weight excluding hydrogens is 204 g/mol. The lowest BCUT2D eigenvalue weighted by Gasteiger charge is -2.26. The number of aliphatic hydroxyl groups excluding tert-OH is 2. The SMILES string of the molecule is C=C1C[C@H](CO)C[C@]1(CO)S(C)(=O)=O. The van der Waals surface area contributed by atoms with Gasteiger partial charge in [-0.1, -0.05) is 12.2 Å². The molecule has 14 heavy (non-hydrogen) atoms. The Kier molecular flexibility index (Phi) is 3.04. The van der Waals surface area contributed by atoms with Crippen LogP contribution in [0.5, 0.6) is 0 Å². The van der Waals surface area contributed by atoms with E-state index < -0.39 is 21.2 Å². The Morgan fingerprint density at radius 1 is 1.57 bits per heavy atom. The summed E-state index contributed by atoms with van der Waals surface area (Å²) in [4.78, 5) is 0. The van der Waals surface area contributed by atoms with Gasteiger partial charge in [-0.3, -0.25) is 0 Å². The summed E-state index contributed by atoms with van der Waals surface area (Å²) in [5.41, 5.74) is 0.515. The van der Waals surface area contributed by atoms with Gasteiger partial charge in [-0.25, -0.2) is 8.42 Å². The molecule has 0 bridgehead atoms. The molecule has 82 valence electrons. The van der Waals surface area contributed by atoms with Crippen molar-refractivity contribution < 1.29 is 18.6 Å². The predicted molar refractivity (Wildman–Crippen MR) is 53.6 cm³/mol. The van der Waals surface area contributed by atoms with Crippen molar-refractivity contribution >= 4 is 9.84 Å². The van der Waals surface area contributed by atoms with Crippen molar-refractivity contribution in [2.24, 2.45) is 5.92 Å². The third-order valence-corrected chi connectivity index (χ3v) is 5.03. The highest BCUT2D eigenvalue weighted by atomic mass is 32.2. The van der Waals surface area contributed by atoms with E-state index in [1.165, 1.54) is 0 Å². The van der Waals surface area contributed by atoms with Crippen molar-refractivity contribution in [3.05, 3.63) is 12.2 Å². The van der Waals surface area contributed by atoms with E-state index in [-0.39, 0.29) is 18.9 Å². The smallest absolute Gasteiger partial charge is 0.159 e. The monoisotopic (exact) mass is 220 g/mol. The molecule has 0 aromatic heterocycles. The Morgan fingerprint density at radius 3 is 2.36 bits per heavy atom. The van der Waals surface area contributed by atoms with E-state index in [9.17, 15) is 13.5 Å².